The zero-order valence-electron chi connectivity index (χ0n) is 11.1. The van der Waals surface area contributed by atoms with E-state index in [0.717, 1.165) is 26.0 Å². The van der Waals surface area contributed by atoms with Gasteiger partial charge in [0, 0.05) is 10.0 Å². The molecule has 0 aliphatic carbocycles. The van der Waals surface area contributed by atoms with Crippen molar-refractivity contribution in [3.8, 4) is 11.3 Å². The van der Waals surface area contributed by atoms with E-state index in [2.05, 4.69) is 57.8 Å². The largest absolute Gasteiger partial charge is 0.436 e. The summed E-state index contributed by atoms with van der Waals surface area (Å²) in [6.07, 6.45) is 1.40. The maximum atomic E-state index is 4.77. The van der Waals surface area contributed by atoms with E-state index in [1.165, 1.54) is 6.39 Å². The number of nitrogens with zero attached hydrogens (tertiary/aromatic N) is 2. The predicted octanol–water partition coefficient (Wildman–Crippen LogP) is 6.02. The van der Waals surface area contributed by atoms with Gasteiger partial charge < -0.3 is 4.42 Å². The minimum Gasteiger partial charge on any atom is -0.436 e. The summed E-state index contributed by atoms with van der Waals surface area (Å²) in [6, 6.07) is 14.0. The third kappa shape index (κ3) is 4.76. The molecule has 108 valence electrons. The molecular formula is C15H11Br3N2O. The molecule has 0 amide bonds. The molecule has 0 saturated carbocycles. The lowest BCUT2D eigenvalue weighted by Crippen LogP contribution is -1.85. The Kier molecular flexibility index (Phi) is 6.14. The molecule has 1 aromatic carbocycles. The van der Waals surface area contributed by atoms with E-state index < -0.39 is 0 Å². The minimum atomic E-state index is 0.715. The Labute approximate surface area is 148 Å². The van der Waals surface area contributed by atoms with Crippen LogP contribution in [0.25, 0.3) is 11.3 Å². The fourth-order valence-corrected chi connectivity index (χ4v) is 2.45. The second-order valence-electron chi connectivity index (χ2n) is 4.04. The number of aromatic nitrogens is 2. The van der Waals surface area contributed by atoms with Crippen LogP contribution in [0.3, 0.4) is 0 Å². The van der Waals surface area contributed by atoms with Gasteiger partial charge in [0.25, 0.3) is 0 Å². The van der Waals surface area contributed by atoms with Gasteiger partial charge in [-0.25, -0.2) is 9.97 Å². The normalized spacial score (nSPS) is 9.90. The zero-order valence-corrected chi connectivity index (χ0v) is 15.8. The Balaban J connectivity index is 0.000000194. The SMILES string of the molecule is Brc1ccc(Br)c(-c2ccccc2)n1.Cc1ncoc1Br. The molecule has 0 N–H and O–H groups in total. The number of oxazole rings is 1. The number of hydrogen-bond acceptors (Lipinski definition) is 3. The fourth-order valence-electron chi connectivity index (χ4n) is 1.50. The van der Waals surface area contributed by atoms with Crippen LogP contribution in [0.15, 0.2) is 67.0 Å². The fraction of sp³-hybridized carbons (Fsp3) is 0.0667. The first-order chi connectivity index (χ1) is 10.1. The van der Waals surface area contributed by atoms with Crippen molar-refractivity contribution in [2.24, 2.45) is 0 Å². The van der Waals surface area contributed by atoms with Crippen LogP contribution >= 0.6 is 47.8 Å². The number of halogens is 3. The van der Waals surface area contributed by atoms with Crippen molar-refractivity contribution < 1.29 is 4.42 Å². The lowest BCUT2D eigenvalue weighted by molar-refractivity contribution is 0.532. The number of aryl methyl sites for hydroxylation is 1. The van der Waals surface area contributed by atoms with Crippen LogP contribution in [0.4, 0.5) is 0 Å². The molecule has 0 fully saturated rings. The molecule has 0 saturated heterocycles. The average molecular weight is 475 g/mol. The summed E-state index contributed by atoms with van der Waals surface area (Å²) in [5.74, 6) is 0. The smallest absolute Gasteiger partial charge is 0.192 e. The van der Waals surface area contributed by atoms with Crippen molar-refractivity contribution in [2.75, 3.05) is 0 Å². The maximum Gasteiger partial charge on any atom is 0.192 e. The van der Waals surface area contributed by atoms with Gasteiger partial charge in [-0.15, -0.1) is 0 Å². The van der Waals surface area contributed by atoms with Gasteiger partial charge in [-0.05, 0) is 66.8 Å². The molecule has 3 rings (SSSR count). The molecule has 21 heavy (non-hydrogen) atoms. The van der Waals surface area contributed by atoms with Crippen molar-refractivity contribution in [3.63, 3.8) is 0 Å². The van der Waals surface area contributed by atoms with Crippen LogP contribution in [-0.4, -0.2) is 9.97 Å². The molecule has 0 aliphatic rings. The Bertz CT molecular complexity index is 697. The molecule has 0 radical (unpaired) electrons. The lowest BCUT2D eigenvalue weighted by Gasteiger charge is -2.03. The van der Waals surface area contributed by atoms with Crippen LogP contribution in [-0.2, 0) is 0 Å². The molecule has 3 nitrogen and oxygen atoms in total. The summed E-state index contributed by atoms with van der Waals surface area (Å²) in [7, 11) is 0. The molecule has 3 aromatic rings. The van der Waals surface area contributed by atoms with E-state index in [4.69, 9.17) is 4.42 Å². The van der Waals surface area contributed by atoms with Crippen molar-refractivity contribution in [3.05, 3.63) is 68.3 Å². The molecular weight excluding hydrogens is 464 g/mol. The number of pyridine rings is 1. The van der Waals surface area contributed by atoms with Gasteiger partial charge in [-0.3, -0.25) is 0 Å². The summed E-state index contributed by atoms with van der Waals surface area (Å²) in [6.45, 7) is 1.87. The first kappa shape index (κ1) is 16.4. The molecule has 0 aliphatic heterocycles. The summed E-state index contributed by atoms with van der Waals surface area (Å²) >= 11 is 9.98. The van der Waals surface area contributed by atoms with E-state index in [1.54, 1.807) is 0 Å². The molecule has 0 bridgehead atoms. The molecule has 6 heteroatoms. The highest BCUT2D eigenvalue weighted by atomic mass is 79.9. The quantitative estimate of drug-likeness (QED) is 0.405. The van der Waals surface area contributed by atoms with Crippen LogP contribution in [0.2, 0.25) is 0 Å². The predicted molar refractivity (Wildman–Crippen MR) is 94.0 cm³/mol. The second kappa shape index (κ2) is 7.87. The number of hydrogen-bond donors (Lipinski definition) is 0. The number of rotatable bonds is 1. The standard InChI is InChI=1S/C11H7Br2N.C4H4BrNO/c12-9-6-7-10(13)14-11(9)8-4-2-1-3-5-8;1-3-4(5)7-2-6-3/h1-7H;2H,1H3. The highest BCUT2D eigenvalue weighted by molar-refractivity contribution is 9.11. The Morgan fingerprint density at radius 1 is 0.952 bits per heavy atom. The Morgan fingerprint density at radius 3 is 2.19 bits per heavy atom. The molecule has 2 aromatic heterocycles. The van der Waals surface area contributed by atoms with Gasteiger partial charge in [0.05, 0.1) is 11.4 Å². The second-order valence-corrected chi connectivity index (χ2v) is 6.43. The van der Waals surface area contributed by atoms with Gasteiger partial charge >= 0.3 is 0 Å². The number of benzene rings is 1. The molecule has 0 unspecified atom stereocenters. The zero-order chi connectivity index (χ0) is 15.2. The third-order valence-corrected chi connectivity index (χ3v) is 4.39. The summed E-state index contributed by atoms with van der Waals surface area (Å²) in [4.78, 5) is 8.22. The van der Waals surface area contributed by atoms with E-state index in [9.17, 15) is 0 Å². The minimum absolute atomic E-state index is 0.715. The first-order valence-electron chi connectivity index (χ1n) is 6.01. The monoisotopic (exact) mass is 472 g/mol. The average Bonchev–Trinajstić information content (AvgIpc) is 2.87. The van der Waals surface area contributed by atoms with E-state index in [1.807, 2.05) is 49.4 Å². The van der Waals surface area contributed by atoms with Gasteiger partial charge in [0.15, 0.2) is 11.1 Å². The van der Waals surface area contributed by atoms with Crippen molar-refractivity contribution in [1.82, 2.24) is 9.97 Å². The van der Waals surface area contributed by atoms with Gasteiger partial charge in [-0.1, -0.05) is 30.3 Å². The Morgan fingerprint density at radius 2 is 1.67 bits per heavy atom. The molecule has 0 atom stereocenters. The van der Waals surface area contributed by atoms with E-state index in [-0.39, 0.29) is 0 Å². The lowest BCUT2D eigenvalue weighted by atomic mass is 10.1. The van der Waals surface area contributed by atoms with Gasteiger partial charge in [0.2, 0.25) is 0 Å². The van der Waals surface area contributed by atoms with Crippen LogP contribution in [0, 0.1) is 6.92 Å². The van der Waals surface area contributed by atoms with Crippen LogP contribution in [0.1, 0.15) is 5.69 Å². The summed E-state index contributed by atoms with van der Waals surface area (Å²) in [5.41, 5.74) is 2.96. The summed E-state index contributed by atoms with van der Waals surface area (Å²) < 4.78 is 7.34. The van der Waals surface area contributed by atoms with Crippen molar-refractivity contribution in [2.45, 2.75) is 6.92 Å². The van der Waals surface area contributed by atoms with Gasteiger partial charge in [0.1, 0.15) is 4.60 Å². The third-order valence-electron chi connectivity index (χ3n) is 2.55. The van der Waals surface area contributed by atoms with E-state index in [0.29, 0.717) is 4.67 Å². The van der Waals surface area contributed by atoms with E-state index >= 15 is 0 Å². The molecule has 0 spiro atoms. The topological polar surface area (TPSA) is 38.9 Å². The van der Waals surface area contributed by atoms with Crippen molar-refractivity contribution in [1.29, 1.82) is 0 Å². The van der Waals surface area contributed by atoms with Crippen molar-refractivity contribution >= 4 is 47.8 Å². The van der Waals surface area contributed by atoms with Crippen LogP contribution < -0.4 is 0 Å². The highest BCUT2D eigenvalue weighted by Crippen LogP contribution is 2.27. The Hall–Kier alpha value is -0.980. The summed E-state index contributed by atoms with van der Waals surface area (Å²) in [5, 5.41) is 0. The highest BCUT2D eigenvalue weighted by Gasteiger charge is 2.04. The van der Waals surface area contributed by atoms with Gasteiger partial charge in [-0.2, -0.15) is 0 Å². The molecule has 2 heterocycles. The first-order valence-corrected chi connectivity index (χ1v) is 8.39. The van der Waals surface area contributed by atoms with Crippen LogP contribution in [0.5, 0.6) is 0 Å². The maximum absolute atomic E-state index is 4.77.